The van der Waals surface area contributed by atoms with Crippen LogP contribution in [0.15, 0.2) is 41.7 Å². The Morgan fingerprint density at radius 3 is 2.82 bits per heavy atom. The standard InChI is InChI=1S/C14H13N5O2S/c1-2-7-19-11(15-18-14(19)22)8-21-13-10-6-4-3-5-9(10)12(20)16-17-13/h2-6H,1,7-8H2,(H,16,20)(H,18,22). The van der Waals surface area contributed by atoms with Crippen LogP contribution in [-0.2, 0) is 13.2 Å². The summed E-state index contributed by atoms with van der Waals surface area (Å²) in [6, 6.07) is 7.12. The predicted molar refractivity (Wildman–Crippen MR) is 84.3 cm³/mol. The van der Waals surface area contributed by atoms with E-state index in [1.165, 1.54) is 0 Å². The minimum atomic E-state index is -0.253. The summed E-state index contributed by atoms with van der Waals surface area (Å²) in [5.74, 6) is 0.969. The van der Waals surface area contributed by atoms with Crippen molar-refractivity contribution in [3.05, 3.63) is 57.9 Å². The van der Waals surface area contributed by atoms with Gasteiger partial charge in [-0.15, -0.1) is 11.7 Å². The molecule has 1 aromatic carbocycles. The Bertz CT molecular complexity index is 940. The zero-order chi connectivity index (χ0) is 15.5. The normalized spacial score (nSPS) is 10.7. The van der Waals surface area contributed by atoms with Crippen LogP contribution in [0.3, 0.4) is 0 Å². The van der Waals surface area contributed by atoms with Gasteiger partial charge in [0.1, 0.15) is 6.61 Å². The van der Waals surface area contributed by atoms with E-state index in [0.717, 1.165) is 0 Å². The van der Waals surface area contributed by atoms with E-state index in [1.807, 2.05) is 6.07 Å². The Morgan fingerprint density at radius 2 is 2.05 bits per heavy atom. The third-order valence-corrected chi connectivity index (χ3v) is 3.46. The van der Waals surface area contributed by atoms with Gasteiger partial charge in [-0.25, -0.2) is 5.10 Å². The van der Waals surface area contributed by atoms with Crippen LogP contribution in [0.1, 0.15) is 5.82 Å². The van der Waals surface area contributed by atoms with Crippen molar-refractivity contribution in [3.63, 3.8) is 0 Å². The van der Waals surface area contributed by atoms with Gasteiger partial charge in [0, 0.05) is 6.54 Å². The molecule has 7 nitrogen and oxygen atoms in total. The first-order valence-electron chi connectivity index (χ1n) is 6.56. The number of nitrogens with zero attached hydrogens (tertiary/aromatic N) is 3. The van der Waals surface area contributed by atoms with Crippen LogP contribution in [0.25, 0.3) is 10.8 Å². The molecule has 0 unspecified atom stereocenters. The summed E-state index contributed by atoms with van der Waals surface area (Å²) in [5, 5.41) is 14.4. The maximum atomic E-state index is 11.7. The van der Waals surface area contributed by atoms with Crippen LogP contribution in [0.5, 0.6) is 5.88 Å². The molecule has 22 heavy (non-hydrogen) atoms. The average Bonchev–Trinajstić information content (AvgIpc) is 2.88. The number of allylic oxidation sites excluding steroid dienone is 1. The number of ether oxygens (including phenoxy) is 1. The number of hydrogen-bond acceptors (Lipinski definition) is 5. The highest BCUT2D eigenvalue weighted by molar-refractivity contribution is 7.71. The molecule has 3 aromatic rings. The molecule has 0 aliphatic carbocycles. The fourth-order valence-electron chi connectivity index (χ4n) is 2.11. The van der Waals surface area contributed by atoms with Crippen molar-refractivity contribution >= 4 is 23.0 Å². The summed E-state index contributed by atoms with van der Waals surface area (Å²) < 4.78 is 7.97. The topological polar surface area (TPSA) is 88.6 Å². The van der Waals surface area contributed by atoms with E-state index >= 15 is 0 Å². The molecule has 0 saturated carbocycles. The number of fused-ring (bicyclic) bond motifs is 1. The Labute approximate surface area is 130 Å². The predicted octanol–water partition coefficient (Wildman–Crippen LogP) is 1.94. The molecule has 0 amide bonds. The van der Waals surface area contributed by atoms with E-state index in [0.29, 0.717) is 33.8 Å². The molecule has 2 aromatic heterocycles. The molecule has 2 N–H and O–H groups in total. The van der Waals surface area contributed by atoms with Gasteiger partial charge in [-0.2, -0.15) is 5.10 Å². The van der Waals surface area contributed by atoms with Crippen molar-refractivity contribution in [3.8, 4) is 5.88 Å². The van der Waals surface area contributed by atoms with Gasteiger partial charge in [-0.05, 0) is 24.4 Å². The highest BCUT2D eigenvalue weighted by Gasteiger charge is 2.10. The zero-order valence-electron chi connectivity index (χ0n) is 11.6. The zero-order valence-corrected chi connectivity index (χ0v) is 12.4. The van der Waals surface area contributed by atoms with Crippen LogP contribution in [0.2, 0.25) is 0 Å². The van der Waals surface area contributed by atoms with Gasteiger partial charge in [-0.3, -0.25) is 14.5 Å². The van der Waals surface area contributed by atoms with Gasteiger partial charge < -0.3 is 4.74 Å². The number of rotatable bonds is 5. The van der Waals surface area contributed by atoms with Gasteiger partial charge in [0.05, 0.1) is 10.8 Å². The Balaban J connectivity index is 1.92. The molecule has 0 aliphatic rings. The quantitative estimate of drug-likeness (QED) is 0.555. The average molecular weight is 315 g/mol. The molecule has 2 heterocycles. The second-order valence-corrected chi connectivity index (χ2v) is 4.92. The van der Waals surface area contributed by atoms with E-state index in [9.17, 15) is 4.79 Å². The second-order valence-electron chi connectivity index (χ2n) is 4.54. The summed E-state index contributed by atoms with van der Waals surface area (Å²) >= 11 is 5.14. The SMILES string of the molecule is C=CCn1c(COc2n[nH]c(=O)c3ccccc23)n[nH]c1=S. The van der Waals surface area contributed by atoms with Crippen LogP contribution in [0, 0.1) is 4.77 Å². The van der Waals surface area contributed by atoms with E-state index in [2.05, 4.69) is 27.0 Å². The highest BCUT2D eigenvalue weighted by atomic mass is 32.1. The van der Waals surface area contributed by atoms with Crippen LogP contribution >= 0.6 is 12.2 Å². The molecule has 8 heteroatoms. The van der Waals surface area contributed by atoms with E-state index < -0.39 is 0 Å². The van der Waals surface area contributed by atoms with Crippen LogP contribution < -0.4 is 10.3 Å². The summed E-state index contributed by atoms with van der Waals surface area (Å²) in [6.45, 7) is 4.39. The lowest BCUT2D eigenvalue weighted by Crippen LogP contribution is -2.12. The number of hydrogen-bond donors (Lipinski definition) is 2. The molecule has 0 fully saturated rings. The lowest BCUT2D eigenvalue weighted by molar-refractivity contribution is 0.279. The third-order valence-electron chi connectivity index (χ3n) is 3.15. The molecule has 0 spiro atoms. The van der Waals surface area contributed by atoms with Crippen molar-refractivity contribution in [1.29, 1.82) is 0 Å². The Morgan fingerprint density at radius 1 is 1.27 bits per heavy atom. The second kappa shape index (κ2) is 5.94. The summed E-state index contributed by atoms with van der Waals surface area (Å²) in [7, 11) is 0. The number of nitrogens with one attached hydrogen (secondary N) is 2. The number of aromatic nitrogens is 5. The maximum Gasteiger partial charge on any atom is 0.272 e. The molecule has 0 aliphatic heterocycles. The summed E-state index contributed by atoms with van der Waals surface area (Å²) in [6.07, 6.45) is 1.72. The highest BCUT2D eigenvalue weighted by Crippen LogP contribution is 2.19. The van der Waals surface area contributed by atoms with Crippen molar-refractivity contribution in [2.45, 2.75) is 13.2 Å². The Kier molecular flexibility index (Phi) is 3.84. The fourth-order valence-corrected chi connectivity index (χ4v) is 2.34. The number of H-pyrrole nitrogens is 2. The minimum absolute atomic E-state index is 0.171. The molecular weight excluding hydrogens is 302 g/mol. The first-order valence-corrected chi connectivity index (χ1v) is 6.96. The molecule has 0 atom stereocenters. The summed E-state index contributed by atoms with van der Waals surface area (Å²) in [4.78, 5) is 11.7. The maximum absolute atomic E-state index is 11.7. The molecule has 0 saturated heterocycles. The third kappa shape index (κ3) is 2.56. The fraction of sp³-hybridized carbons (Fsp3) is 0.143. The molecule has 0 bridgehead atoms. The lowest BCUT2D eigenvalue weighted by atomic mass is 10.2. The molecule has 0 radical (unpaired) electrons. The number of benzene rings is 1. The van der Waals surface area contributed by atoms with Gasteiger partial charge >= 0.3 is 0 Å². The first-order chi connectivity index (χ1) is 10.7. The van der Waals surface area contributed by atoms with Crippen LogP contribution in [-0.4, -0.2) is 25.0 Å². The van der Waals surface area contributed by atoms with Gasteiger partial charge in [0.15, 0.2) is 10.6 Å². The van der Waals surface area contributed by atoms with Crippen LogP contribution in [0.4, 0.5) is 0 Å². The molecular formula is C14H13N5O2S. The van der Waals surface area contributed by atoms with Gasteiger partial charge in [0.25, 0.3) is 5.56 Å². The smallest absolute Gasteiger partial charge is 0.272 e. The first kappa shape index (κ1) is 14.2. The van der Waals surface area contributed by atoms with Crippen molar-refractivity contribution in [2.75, 3.05) is 0 Å². The van der Waals surface area contributed by atoms with E-state index in [4.69, 9.17) is 17.0 Å². The molecule has 3 rings (SSSR count). The van der Waals surface area contributed by atoms with Gasteiger partial charge in [-0.1, -0.05) is 18.2 Å². The number of aromatic amines is 2. The van der Waals surface area contributed by atoms with Crippen molar-refractivity contribution in [1.82, 2.24) is 25.0 Å². The Hall–Kier alpha value is -2.74. The summed E-state index contributed by atoms with van der Waals surface area (Å²) in [5.41, 5.74) is -0.253. The molecule has 112 valence electrons. The van der Waals surface area contributed by atoms with E-state index in [-0.39, 0.29) is 12.2 Å². The van der Waals surface area contributed by atoms with Gasteiger partial charge in [0.2, 0.25) is 5.88 Å². The largest absolute Gasteiger partial charge is 0.468 e. The van der Waals surface area contributed by atoms with Crippen molar-refractivity contribution in [2.24, 2.45) is 0 Å². The minimum Gasteiger partial charge on any atom is -0.468 e. The van der Waals surface area contributed by atoms with E-state index in [1.54, 1.807) is 28.8 Å². The lowest BCUT2D eigenvalue weighted by Gasteiger charge is -2.08. The van der Waals surface area contributed by atoms with Crippen molar-refractivity contribution < 1.29 is 4.74 Å². The monoisotopic (exact) mass is 315 g/mol.